The number of carbonyl (C=O) groups excluding carboxylic acids is 1. The van der Waals surface area contributed by atoms with Gasteiger partial charge in [0.1, 0.15) is 17.8 Å². The van der Waals surface area contributed by atoms with Crippen LogP contribution in [-0.4, -0.2) is 34.7 Å². The lowest BCUT2D eigenvalue weighted by atomic mass is 10.2. The van der Waals surface area contributed by atoms with Crippen LogP contribution >= 0.6 is 0 Å². The first-order chi connectivity index (χ1) is 12.4. The largest absolute Gasteiger partial charge is 0.364 e. The molecule has 10 nitrogen and oxygen atoms in total. The van der Waals surface area contributed by atoms with E-state index in [9.17, 15) is 13.2 Å². The van der Waals surface area contributed by atoms with Crippen LogP contribution in [0, 0.1) is 6.92 Å². The third kappa shape index (κ3) is 4.32. The van der Waals surface area contributed by atoms with Gasteiger partial charge in [-0.2, -0.15) is 5.10 Å². The molecule has 0 radical (unpaired) electrons. The van der Waals surface area contributed by atoms with E-state index in [1.54, 1.807) is 13.0 Å². The molecule has 0 saturated heterocycles. The molecule has 26 heavy (non-hydrogen) atoms. The first kappa shape index (κ1) is 17.8. The molecule has 3 aromatic rings. The van der Waals surface area contributed by atoms with Crippen LogP contribution in [0.2, 0.25) is 0 Å². The highest BCUT2D eigenvalue weighted by Crippen LogP contribution is 2.12. The fourth-order valence-corrected chi connectivity index (χ4v) is 3.14. The van der Waals surface area contributed by atoms with Gasteiger partial charge < -0.3 is 9.84 Å². The standard InChI is InChI=1S/C15H16N6O4S/c1-10-18-14(20-19-10)9-17-26(23,24)13-4-2-3-11(7-13)15(22)16-8-12-5-6-25-21-12/h2-7,17H,8-9H2,1H3,(H,16,22)(H,18,19,20). The minimum absolute atomic E-state index is 0.0288. The fraction of sp³-hybridized carbons (Fsp3) is 0.200. The lowest BCUT2D eigenvalue weighted by Crippen LogP contribution is -2.25. The third-order valence-corrected chi connectivity index (χ3v) is 4.79. The van der Waals surface area contributed by atoms with Crippen molar-refractivity contribution in [3.63, 3.8) is 0 Å². The number of sulfonamides is 1. The minimum Gasteiger partial charge on any atom is -0.364 e. The van der Waals surface area contributed by atoms with Gasteiger partial charge in [0.25, 0.3) is 5.91 Å². The molecule has 0 aliphatic carbocycles. The lowest BCUT2D eigenvalue weighted by Gasteiger charge is -2.07. The van der Waals surface area contributed by atoms with Gasteiger partial charge in [0.2, 0.25) is 10.0 Å². The predicted molar refractivity (Wildman–Crippen MR) is 89.3 cm³/mol. The molecule has 0 saturated carbocycles. The Morgan fingerprint density at radius 3 is 2.81 bits per heavy atom. The van der Waals surface area contributed by atoms with Crippen LogP contribution in [0.4, 0.5) is 0 Å². The topological polar surface area (TPSA) is 143 Å². The Balaban J connectivity index is 1.67. The zero-order valence-corrected chi connectivity index (χ0v) is 14.6. The number of H-pyrrole nitrogens is 1. The lowest BCUT2D eigenvalue weighted by molar-refractivity contribution is 0.0950. The third-order valence-electron chi connectivity index (χ3n) is 3.39. The molecule has 0 fully saturated rings. The molecule has 0 unspecified atom stereocenters. The molecule has 11 heteroatoms. The minimum atomic E-state index is -3.81. The van der Waals surface area contributed by atoms with E-state index in [1.165, 1.54) is 30.5 Å². The van der Waals surface area contributed by atoms with Gasteiger partial charge in [0, 0.05) is 11.6 Å². The van der Waals surface area contributed by atoms with Crippen molar-refractivity contribution in [1.82, 2.24) is 30.4 Å². The van der Waals surface area contributed by atoms with Crippen LogP contribution < -0.4 is 10.0 Å². The van der Waals surface area contributed by atoms with Crippen LogP contribution in [0.5, 0.6) is 0 Å². The van der Waals surface area contributed by atoms with E-state index < -0.39 is 15.9 Å². The maximum absolute atomic E-state index is 12.4. The van der Waals surface area contributed by atoms with Crippen molar-refractivity contribution in [2.45, 2.75) is 24.9 Å². The van der Waals surface area contributed by atoms with Gasteiger partial charge in [-0.1, -0.05) is 11.2 Å². The maximum Gasteiger partial charge on any atom is 0.251 e. The Hall–Kier alpha value is -3.05. The van der Waals surface area contributed by atoms with E-state index >= 15 is 0 Å². The molecule has 0 aliphatic heterocycles. The molecule has 0 spiro atoms. The normalized spacial score (nSPS) is 11.4. The summed E-state index contributed by atoms with van der Waals surface area (Å²) in [5.74, 6) is 0.493. The van der Waals surface area contributed by atoms with E-state index in [1.807, 2.05) is 0 Å². The highest BCUT2D eigenvalue weighted by atomic mass is 32.2. The van der Waals surface area contributed by atoms with Crippen molar-refractivity contribution in [2.75, 3.05) is 0 Å². The SMILES string of the molecule is Cc1nc(CNS(=O)(=O)c2cccc(C(=O)NCc3ccon3)c2)n[nH]1. The highest BCUT2D eigenvalue weighted by molar-refractivity contribution is 7.89. The van der Waals surface area contributed by atoms with Gasteiger partial charge in [0.05, 0.1) is 18.0 Å². The van der Waals surface area contributed by atoms with Crippen LogP contribution in [0.15, 0.2) is 46.0 Å². The molecule has 136 valence electrons. The Morgan fingerprint density at radius 1 is 1.27 bits per heavy atom. The van der Waals surface area contributed by atoms with E-state index in [0.717, 1.165) is 0 Å². The number of aromatic nitrogens is 4. The second-order valence-electron chi connectivity index (χ2n) is 5.36. The second-order valence-corrected chi connectivity index (χ2v) is 7.13. The first-order valence-electron chi connectivity index (χ1n) is 7.59. The maximum atomic E-state index is 12.4. The van der Waals surface area contributed by atoms with E-state index in [-0.39, 0.29) is 23.5 Å². The van der Waals surface area contributed by atoms with E-state index in [2.05, 4.69) is 34.9 Å². The van der Waals surface area contributed by atoms with Crippen LogP contribution in [-0.2, 0) is 23.1 Å². The second kappa shape index (κ2) is 7.45. The summed E-state index contributed by atoms with van der Waals surface area (Å²) in [5, 5.41) is 12.8. The average Bonchev–Trinajstić information content (AvgIpc) is 3.29. The summed E-state index contributed by atoms with van der Waals surface area (Å²) in [6.45, 7) is 1.83. The average molecular weight is 376 g/mol. The van der Waals surface area contributed by atoms with E-state index in [4.69, 9.17) is 0 Å². The van der Waals surface area contributed by atoms with Crippen molar-refractivity contribution in [3.05, 3.63) is 59.5 Å². The molecule has 0 aliphatic rings. The van der Waals surface area contributed by atoms with Crippen molar-refractivity contribution in [2.24, 2.45) is 0 Å². The van der Waals surface area contributed by atoms with Crippen molar-refractivity contribution < 1.29 is 17.7 Å². The van der Waals surface area contributed by atoms with Gasteiger partial charge in [-0.15, -0.1) is 0 Å². The van der Waals surface area contributed by atoms with Gasteiger partial charge in [-0.25, -0.2) is 18.1 Å². The Morgan fingerprint density at radius 2 is 2.12 bits per heavy atom. The molecule has 2 aromatic heterocycles. The molecule has 0 bridgehead atoms. The number of amides is 1. The number of nitrogens with one attached hydrogen (secondary N) is 3. The molecule has 3 N–H and O–H groups in total. The monoisotopic (exact) mass is 376 g/mol. The van der Waals surface area contributed by atoms with Gasteiger partial charge in [-0.3, -0.25) is 9.89 Å². The van der Waals surface area contributed by atoms with Crippen LogP contribution in [0.25, 0.3) is 0 Å². The van der Waals surface area contributed by atoms with Crippen LogP contribution in [0.1, 0.15) is 27.7 Å². The summed E-state index contributed by atoms with van der Waals surface area (Å²) >= 11 is 0. The van der Waals surface area contributed by atoms with Gasteiger partial charge >= 0.3 is 0 Å². The zero-order chi connectivity index (χ0) is 18.6. The van der Waals surface area contributed by atoms with Crippen LogP contribution in [0.3, 0.4) is 0 Å². The number of carbonyl (C=O) groups is 1. The van der Waals surface area contributed by atoms with Crippen molar-refractivity contribution in [3.8, 4) is 0 Å². The smallest absolute Gasteiger partial charge is 0.251 e. The summed E-state index contributed by atoms with van der Waals surface area (Å²) in [7, 11) is -3.81. The quantitative estimate of drug-likeness (QED) is 0.545. The number of nitrogens with zero attached hydrogens (tertiary/aromatic N) is 3. The molecule has 0 atom stereocenters. The van der Waals surface area contributed by atoms with Crippen molar-refractivity contribution >= 4 is 15.9 Å². The summed E-state index contributed by atoms with van der Waals surface area (Å²) in [6, 6.07) is 7.34. The Kier molecular flexibility index (Phi) is 5.09. The summed E-state index contributed by atoms with van der Waals surface area (Å²) in [6.07, 6.45) is 1.40. The number of aromatic amines is 1. The molecule has 3 rings (SSSR count). The van der Waals surface area contributed by atoms with Crippen molar-refractivity contribution in [1.29, 1.82) is 0 Å². The number of hydrogen-bond donors (Lipinski definition) is 3. The molecular formula is C15H16N6O4S. The predicted octanol–water partition coefficient (Wildman–Crippen LogP) is 0.510. The van der Waals surface area contributed by atoms with Gasteiger partial charge in [-0.05, 0) is 25.1 Å². The Bertz CT molecular complexity index is 997. The van der Waals surface area contributed by atoms with E-state index in [0.29, 0.717) is 17.3 Å². The van der Waals surface area contributed by atoms with Gasteiger partial charge in [0.15, 0.2) is 5.82 Å². The molecule has 2 heterocycles. The summed E-state index contributed by atoms with van der Waals surface area (Å²) < 4.78 is 31.9. The summed E-state index contributed by atoms with van der Waals surface area (Å²) in [5.41, 5.74) is 0.774. The number of rotatable bonds is 7. The first-order valence-corrected chi connectivity index (χ1v) is 9.07. The fourth-order valence-electron chi connectivity index (χ4n) is 2.12. The molecule has 1 amide bonds. The number of aryl methyl sites for hydroxylation is 1. The summed E-state index contributed by atoms with van der Waals surface area (Å²) in [4.78, 5) is 16.2. The zero-order valence-electron chi connectivity index (χ0n) is 13.8. The Labute approximate surface area is 149 Å². The molecular weight excluding hydrogens is 360 g/mol. The number of benzene rings is 1. The highest BCUT2D eigenvalue weighted by Gasteiger charge is 2.17. The number of hydrogen-bond acceptors (Lipinski definition) is 7. The molecule has 1 aromatic carbocycles.